The van der Waals surface area contributed by atoms with E-state index >= 15 is 0 Å². The summed E-state index contributed by atoms with van der Waals surface area (Å²) in [5.74, 6) is -1.59. The average Bonchev–Trinajstić information content (AvgIpc) is 2.50. The maximum absolute atomic E-state index is 11.0. The molecule has 4 N–H and O–H groups in total. The standard InChI is InChI=1S/C10H17NO5/c1-4-5(10(15)16)2-6(12)8-9(14)7(13)3-11(4)8/h4-9,12-14H,2-3H2,1H3,(H,15,16)/t4?,5?,6-,7-,8-,9-/m1/s1. The summed E-state index contributed by atoms with van der Waals surface area (Å²) >= 11 is 0. The molecule has 2 unspecified atom stereocenters. The van der Waals surface area contributed by atoms with Gasteiger partial charge in [-0.05, 0) is 13.3 Å². The lowest BCUT2D eigenvalue weighted by Crippen LogP contribution is -2.57. The van der Waals surface area contributed by atoms with Gasteiger partial charge in [-0.2, -0.15) is 0 Å². The Morgan fingerprint density at radius 2 is 1.88 bits per heavy atom. The van der Waals surface area contributed by atoms with Gasteiger partial charge in [0.05, 0.1) is 30.3 Å². The van der Waals surface area contributed by atoms with Gasteiger partial charge < -0.3 is 20.4 Å². The third kappa shape index (κ3) is 1.62. The highest BCUT2D eigenvalue weighted by molar-refractivity contribution is 5.71. The van der Waals surface area contributed by atoms with Crippen molar-refractivity contribution in [3.8, 4) is 0 Å². The van der Waals surface area contributed by atoms with Crippen molar-refractivity contribution in [3.63, 3.8) is 0 Å². The van der Waals surface area contributed by atoms with Crippen LogP contribution in [0.15, 0.2) is 0 Å². The number of carbonyl (C=O) groups is 1. The summed E-state index contributed by atoms with van der Waals surface area (Å²) in [6.45, 7) is 1.97. The fourth-order valence-corrected chi connectivity index (χ4v) is 2.89. The van der Waals surface area contributed by atoms with E-state index in [-0.39, 0.29) is 19.0 Å². The van der Waals surface area contributed by atoms with E-state index in [0.717, 1.165) is 0 Å². The first-order chi connectivity index (χ1) is 7.43. The highest BCUT2D eigenvalue weighted by Gasteiger charge is 2.52. The number of piperidine rings is 1. The van der Waals surface area contributed by atoms with E-state index in [1.165, 1.54) is 0 Å². The van der Waals surface area contributed by atoms with Crippen LogP contribution in [-0.2, 0) is 4.79 Å². The summed E-state index contributed by atoms with van der Waals surface area (Å²) in [4.78, 5) is 12.7. The number of aliphatic hydroxyl groups is 3. The normalized spacial score (nSPS) is 49.0. The molecule has 0 aliphatic carbocycles. The van der Waals surface area contributed by atoms with Crippen molar-refractivity contribution in [2.24, 2.45) is 5.92 Å². The van der Waals surface area contributed by atoms with Gasteiger partial charge in [0.25, 0.3) is 0 Å². The van der Waals surface area contributed by atoms with Crippen molar-refractivity contribution < 1.29 is 25.2 Å². The average molecular weight is 231 g/mol. The minimum atomic E-state index is -0.993. The molecule has 2 rings (SSSR count). The van der Waals surface area contributed by atoms with Gasteiger partial charge in [-0.15, -0.1) is 0 Å². The summed E-state index contributed by atoms with van der Waals surface area (Å²) < 4.78 is 0. The number of carboxylic acids is 1. The first kappa shape index (κ1) is 11.8. The maximum Gasteiger partial charge on any atom is 0.308 e. The van der Waals surface area contributed by atoms with Crippen LogP contribution in [0.4, 0.5) is 0 Å². The molecule has 2 aliphatic rings. The van der Waals surface area contributed by atoms with Gasteiger partial charge in [-0.25, -0.2) is 0 Å². The van der Waals surface area contributed by atoms with Crippen molar-refractivity contribution >= 4 is 5.97 Å². The molecule has 6 nitrogen and oxygen atoms in total. The lowest BCUT2D eigenvalue weighted by molar-refractivity contribution is -0.151. The largest absolute Gasteiger partial charge is 0.481 e. The molecule has 0 radical (unpaired) electrons. The second-order valence-corrected chi connectivity index (χ2v) is 4.73. The summed E-state index contributed by atoms with van der Waals surface area (Å²) in [5.41, 5.74) is 0. The molecule has 0 spiro atoms. The molecule has 2 heterocycles. The number of rotatable bonds is 1. The van der Waals surface area contributed by atoms with E-state index in [4.69, 9.17) is 5.11 Å². The Morgan fingerprint density at radius 1 is 1.25 bits per heavy atom. The molecule has 2 aliphatic heterocycles. The van der Waals surface area contributed by atoms with Crippen LogP contribution in [0.3, 0.4) is 0 Å². The van der Waals surface area contributed by atoms with Crippen molar-refractivity contribution in [2.75, 3.05) is 6.54 Å². The third-order valence-electron chi connectivity index (χ3n) is 3.84. The molecule has 0 aromatic carbocycles. The van der Waals surface area contributed by atoms with Gasteiger partial charge in [-0.1, -0.05) is 0 Å². The molecular weight excluding hydrogens is 214 g/mol. The molecule has 0 bridgehead atoms. The van der Waals surface area contributed by atoms with Crippen LogP contribution >= 0.6 is 0 Å². The van der Waals surface area contributed by atoms with E-state index in [0.29, 0.717) is 0 Å². The monoisotopic (exact) mass is 231 g/mol. The Hall–Kier alpha value is -0.690. The Kier molecular flexibility index (Phi) is 2.91. The molecule has 0 amide bonds. The Bertz CT molecular complexity index is 297. The number of hydrogen-bond donors (Lipinski definition) is 4. The van der Waals surface area contributed by atoms with E-state index in [1.807, 2.05) is 0 Å². The number of aliphatic hydroxyl groups excluding tert-OH is 3. The number of aliphatic carboxylic acids is 1. The van der Waals surface area contributed by atoms with E-state index in [9.17, 15) is 20.1 Å². The van der Waals surface area contributed by atoms with Gasteiger partial charge >= 0.3 is 5.97 Å². The number of fused-ring (bicyclic) bond motifs is 1. The maximum atomic E-state index is 11.0. The highest BCUT2D eigenvalue weighted by Crippen LogP contribution is 2.35. The van der Waals surface area contributed by atoms with E-state index in [1.54, 1.807) is 11.8 Å². The quantitative estimate of drug-likeness (QED) is 0.427. The summed E-state index contributed by atoms with van der Waals surface area (Å²) in [6, 6.07) is -0.821. The number of hydrogen-bond acceptors (Lipinski definition) is 5. The second kappa shape index (κ2) is 3.96. The Balaban J connectivity index is 2.22. The van der Waals surface area contributed by atoms with Crippen LogP contribution in [0.1, 0.15) is 13.3 Å². The van der Waals surface area contributed by atoms with Crippen molar-refractivity contribution in [2.45, 2.75) is 43.7 Å². The van der Waals surface area contributed by atoms with Gasteiger partial charge in [0.1, 0.15) is 0 Å². The van der Waals surface area contributed by atoms with Gasteiger partial charge in [0, 0.05) is 12.6 Å². The minimum absolute atomic E-state index is 0.126. The molecule has 92 valence electrons. The zero-order valence-corrected chi connectivity index (χ0v) is 9.02. The predicted octanol–water partition coefficient (Wildman–Crippen LogP) is -1.75. The second-order valence-electron chi connectivity index (χ2n) is 4.73. The molecule has 2 fully saturated rings. The molecule has 0 aromatic heterocycles. The predicted molar refractivity (Wildman–Crippen MR) is 53.7 cm³/mol. The fourth-order valence-electron chi connectivity index (χ4n) is 2.89. The number of nitrogens with zero attached hydrogens (tertiary/aromatic N) is 1. The van der Waals surface area contributed by atoms with Crippen LogP contribution in [-0.4, -0.2) is 68.2 Å². The van der Waals surface area contributed by atoms with Crippen LogP contribution in [0, 0.1) is 5.92 Å². The van der Waals surface area contributed by atoms with E-state index in [2.05, 4.69) is 0 Å². The minimum Gasteiger partial charge on any atom is -0.481 e. The van der Waals surface area contributed by atoms with Gasteiger partial charge in [0.15, 0.2) is 0 Å². The van der Waals surface area contributed by atoms with Gasteiger partial charge in [-0.3, -0.25) is 9.69 Å². The topological polar surface area (TPSA) is 101 Å². The van der Waals surface area contributed by atoms with E-state index < -0.39 is 36.2 Å². The third-order valence-corrected chi connectivity index (χ3v) is 3.84. The Labute approximate surface area is 93.1 Å². The smallest absolute Gasteiger partial charge is 0.308 e. The molecule has 2 saturated heterocycles. The van der Waals surface area contributed by atoms with Crippen LogP contribution in [0.5, 0.6) is 0 Å². The molecule has 6 heteroatoms. The summed E-state index contributed by atoms with van der Waals surface area (Å²) in [7, 11) is 0. The fraction of sp³-hybridized carbons (Fsp3) is 0.900. The molecule has 0 saturated carbocycles. The van der Waals surface area contributed by atoms with Gasteiger partial charge in [0.2, 0.25) is 0 Å². The molecule has 16 heavy (non-hydrogen) atoms. The lowest BCUT2D eigenvalue weighted by Gasteiger charge is -2.42. The first-order valence-electron chi connectivity index (χ1n) is 5.46. The molecular formula is C10H17NO5. The zero-order valence-electron chi connectivity index (χ0n) is 9.02. The van der Waals surface area contributed by atoms with Crippen LogP contribution < -0.4 is 0 Å². The van der Waals surface area contributed by atoms with Crippen molar-refractivity contribution in [3.05, 3.63) is 0 Å². The van der Waals surface area contributed by atoms with Crippen molar-refractivity contribution in [1.82, 2.24) is 4.90 Å². The van der Waals surface area contributed by atoms with Crippen molar-refractivity contribution in [1.29, 1.82) is 0 Å². The lowest BCUT2D eigenvalue weighted by atomic mass is 9.84. The molecule has 0 aromatic rings. The summed E-state index contributed by atoms with van der Waals surface area (Å²) in [6.07, 6.45) is -2.67. The number of carboxylic acid groups (broad SMARTS) is 1. The molecule has 6 atom stereocenters. The zero-order chi connectivity index (χ0) is 12.0. The first-order valence-corrected chi connectivity index (χ1v) is 5.46. The van der Waals surface area contributed by atoms with Crippen LogP contribution in [0.25, 0.3) is 0 Å². The summed E-state index contributed by atoms with van der Waals surface area (Å²) in [5, 5.41) is 38.1. The highest BCUT2D eigenvalue weighted by atomic mass is 16.4. The SMILES string of the molecule is CC1C(C(=O)O)C[C@@H](O)[C@@H]2[C@H](O)[C@H](O)CN12. The van der Waals surface area contributed by atoms with Crippen LogP contribution in [0.2, 0.25) is 0 Å². The Morgan fingerprint density at radius 3 is 2.44 bits per heavy atom.